The zero-order chi connectivity index (χ0) is 24.1. The highest BCUT2D eigenvalue weighted by molar-refractivity contribution is 7.89. The molecule has 0 atom stereocenters. The minimum atomic E-state index is -3.71. The summed E-state index contributed by atoms with van der Waals surface area (Å²) in [7, 11) is -3.71. The predicted octanol–water partition coefficient (Wildman–Crippen LogP) is 2.79. The Labute approximate surface area is 197 Å². The lowest BCUT2D eigenvalue weighted by Gasteiger charge is -2.27. The van der Waals surface area contributed by atoms with Crippen molar-refractivity contribution in [3.05, 3.63) is 83.3 Å². The molecule has 0 saturated carbocycles. The van der Waals surface area contributed by atoms with E-state index in [1.54, 1.807) is 54.6 Å². The second-order valence-electron chi connectivity index (χ2n) is 7.77. The Morgan fingerprint density at radius 1 is 1.00 bits per heavy atom. The molecule has 2 heterocycles. The number of morpholine rings is 1. The number of furan rings is 1. The average Bonchev–Trinajstić information content (AvgIpc) is 3.40. The van der Waals surface area contributed by atoms with Gasteiger partial charge in [-0.2, -0.15) is 4.31 Å². The van der Waals surface area contributed by atoms with Crippen LogP contribution in [0.25, 0.3) is 0 Å². The lowest BCUT2D eigenvalue weighted by molar-refractivity contribution is 0.0730. The van der Waals surface area contributed by atoms with Gasteiger partial charge in [0.25, 0.3) is 11.8 Å². The van der Waals surface area contributed by atoms with Gasteiger partial charge in [0.1, 0.15) is 0 Å². The maximum Gasteiger partial charge on any atom is 0.291 e. The molecule has 9 nitrogen and oxygen atoms in total. The molecule has 0 aliphatic carbocycles. The molecule has 10 heteroatoms. The van der Waals surface area contributed by atoms with Crippen LogP contribution in [0.2, 0.25) is 0 Å². The Morgan fingerprint density at radius 2 is 1.76 bits per heavy atom. The monoisotopic (exact) mass is 483 g/mol. The Morgan fingerprint density at radius 3 is 2.50 bits per heavy atom. The van der Waals surface area contributed by atoms with Crippen LogP contribution in [0.5, 0.6) is 0 Å². The number of hydrogen-bond donors (Lipinski definition) is 2. The third kappa shape index (κ3) is 5.19. The lowest BCUT2D eigenvalue weighted by Crippen LogP contribution is -2.41. The quantitative estimate of drug-likeness (QED) is 0.534. The summed E-state index contributed by atoms with van der Waals surface area (Å²) in [6.45, 7) is 3.12. The Hall–Kier alpha value is -3.47. The maximum atomic E-state index is 13.1. The molecule has 1 aromatic heterocycles. The molecule has 2 aromatic carbocycles. The van der Waals surface area contributed by atoms with E-state index in [4.69, 9.17) is 9.15 Å². The molecule has 0 spiro atoms. The topological polar surface area (TPSA) is 118 Å². The van der Waals surface area contributed by atoms with Gasteiger partial charge in [-0.1, -0.05) is 24.3 Å². The van der Waals surface area contributed by atoms with Gasteiger partial charge in [0.05, 0.1) is 24.4 Å². The molecular weight excluding hydrogens is 458 g/mol. The van der Waals surface area contributed by atoms with Gasteiger partial charge >= 0.3 is 0 Å². The molecule has 178 valence electrons. The van der Waals surface area contributed by atoms with Crippen LogP contribution >= 0.6 is 0 Å². The number of carbonyl (C=O) groups is 2. The van der Waals surface area contributed by atoms with Gasteiger partial charge in [-0.25, -0.2) is 8.42 Å². The molecule has 2 amide bonds. The first-order chi connectivity index (χ1) is 16.4. The number of benzene rings is 2. The van der Waals surface area contributed by atoms with Crippen LogP contribution in [-0.4, -0.2) is 50.8 Å². The highest BCUT2D eigenvalue weighted by atomic mass is 32.2. The molecular formula is C24H25N3O6S. The number of amides is 2. The molecule has 1 saturated heterocycles. The molecule has 0 radical (unpaired) electrons. The fraction of sp³-hybridized carbons (Fsp3) is 0.250. The summed E-state index contributed by atoms with van der Waals surface area (Å²) in [5.74, 6) is -0.660. The smallest absolute Gasteiger partial charge is 0.291 e. The van der Waals surface area contributed by atoms with Crippen LogP contribution in [0, 0.1) is 6.92 Å². The van der Waals surface area contributed by atoms with E-state index < -0.39 is 21.8 Å². The van der Waals surface area contributed by atoms with Gasteiger partial charge < -0.3 is 19.8 Å². The van der Waals surface area contributed by atoms with Gasteiger partial charge in [0, 0.05) is 30.9 Å². The molecule has 1 aliphatic heterocycles. The van der Waals surface area contributed by atoms with Crippen molar-refractivity contribution in [1.29, 1.82) is 0 Å². The summed E-state index contributed by atoms with van der Waals surface area (Å²) in [5.41, 5.74) is 2.07. The van der Waals surface area contributed by atoms with E-state index in [0.717, 1.165) is 5.56 Å². The number of rotatable bonds is 7. The number of ether oxygens (including phenoxy) is 1. The summed E-state index contributed by atoms with van der Waals surface area (Å²) in [5, 5.41) is 5.52. The van der Waals surface area contributed by atoms with Crippen LogP contribution in [0.15, 0.2) is 70.2 Å². The third-order valence-corrected chi connectivity index (χ3v) is 7.49. The van der Waals surface area contributed by atoms with Crippen molar-refractivity contribution in [3.8, 4) is 0 Å². The summed E-state index contributed by atoms with van der Waals surface area (Å²) in [6, 6.07) is 14.7. The van der Waals surface area contributed by atoms with Crippen molar-refractivity contribution >= 4 is 27.5 Å². The summed E-state index contributed by atoms with van der Waals surface area (Å²) in [6.07, 6.45) is 1.41. The minimum Gasteiger partial charge on any atom is -0.459 e. The average molecular weight is 484 g/mol. The minimum absolute atomic E-state index is 0.0283. The Bertz CT molecular complexity index is 1280. The number of nitrogens with zero attached hydrogens (tertiary/aromatic N) is 1. The predicted molar refractivity (Wildman–Crippen MR) is 125 cm³/mol. The number of carbonyl (C=O) groups excluding carboxylic acids is 2. The summed E-state index contributed by atoms with van der Waals surface area (Å²) in [4.78, 5) is 25.3. The van der Waals surface area contributed by atoms with Gasteiger partial charge in [0.2, 0.25) is 10.0 Å². The van der Waals surface area contributed by atoms with Crippen LogP contribution in [0.1, 0.15) is 32.0 Å². The van der Waals surface area contributed by atoms with Gasteiger partial charge in [-0.3, -0.25) is 9.59 Å². The molecule has 1 fully saturated rings. The Balaban J connectivity index is 1.48. The van der Waals surface area contributed by atoms with E-state index in [1.807, 2.05) is 6.92 Å². The van der Waals surface area contributed by atoms with Gasteiger partial charge in [-0.15, -0.1) is 0 Å². The van der Waals surface area contributed by atoms with Gasteiger partial charge in [0.15, 0.2) is 5.76 Å². The van der Waals surface area contributed by atoms with Crippen molar-refractivity contribution < 1.29 is 27.2 Å². The van der Waals surface area contributed by atoms with Gasteiger partial charge in [-0.05, 0) is 48.4 Å². The van der Waals surface area contributed by atoms with E-state index in [1.165, 1.54) is 10.6 Å². The molecule has 34 heavy (non-hydrogen) atoms. The lowest BCUT2D eigenvalue weighted by atomic mass is 10.1. The molecule has 0 unspecified atom stereocenters. The number of hydrogen-bond acceptors (Lipinski definition) is 6. The van der Waals surface area contributed by atoms with Crippen LogP contribution in [0.4, 0.5) is 5.69 Å². The van der Waals surface area contributed by atoms with Crippen molar-refractivity contribution in [2.45, 2.75) is 18.4 Å². The second kappa shape index (κ2) is 10.2. The largest absolute Gasteiger partial charge is 0.459 e. The zero-order valence-corrected chi connectivity index (χ0v) is 19.4. The highest BCUT2D eigenvalue weighted by Crippen LogP contribution is 2.22. The Kier molecular flexibility index (Phi) is 7.11. The van der Waals surface area contributed by atoms with Crippen molar-refractivity contribution in [1.82, 2.24) is 9.62 Å². The van der Waals surface area contributed by atoms with E-state index in [2.05, 4.69) is 10.6 Å². The molecule has 3 aromatic rings. The maximum absolute atomic E-state index is 13.1. The molecule has 1 aliphatic rings. The highest BCUT2D eigenvalue weighted by Gasteiger charge is 2.28. The molecule has 0 bridgehead atoms. The summed E-state index contributed by atoms with van der Waals surface area (Å²) < 4.78 is 38.0. The van der Waals surface area contributed by atoms with Crippen molar-refractivity contribution in [2.75, 3.05) is 31.6 Å². The number of aryl methyl sites for hydroxylation is 1. The first kappa shape index (κ1) is 23.7. The van der Waals surface area contributed by atoms with E-state index >= 15 is 0 Å². The summed E-state index contributed by atoms with van der Waals surface area (Å²) >= 11 is 0. The van der Waals surface area contributed by atoms with E-state index in [-0.39, 0.29) is 17.2 Å². The van der Waals surface area contributed by atoms with Crippen LogP contribution in [0.3, 0.4) is 0 Å². The zero-order valence-electron chi connectivity index (χ0n) is 18.6. The molecule has 2 N–H and O–H groups in total. The number of sulfonamides is 1. The van der Waals surface area contributed by atoms with Crippen molar-refractivity contribution in [2.24, 2.45) is 0 Å². The fourth-order valence-corrected chi connectivity index (χ4v) is 5.22. The first-order valence-corrected chi connectivity index (χ1v) is 12.2. The number of nitrogens with one attached hydrogen (secondary N) is 2. The number of anilines is 1. The SMILES string of the molecule is Cc1ccc(C(=O)NCc2ccccc2S(=O)(=O)N2CCOCC2)cc1NC(=O)c1ccco1. The fourth-order valence-electron chi connectivity index (χ4n) is 3.59. The third-order valence-electron chi connectivity index (χ3n) is 5.49. The first-order valence-electron chi connectivity index (χ1n) is 10.8. The van der Waals surface area contributed by atoms with Crippen molar-refractivity contribution in [3.63, 3.8) is 0 Å². The standard InChI is InChI=1S/C24H25N3O6S/c1-17-8-9-18(15-20(17)26-24(29)21-6-4-12-33-21)23(28)25-16-19-5-2-3-7-22(19)34(30,31)27-10-13-32-14-11-27/h2-9,12,15H,10-11,13-14,16H2,1H3,(H,25,28)(H,26,29). The molecule has 4 rings (SSSR count). The van der Waals surface area contributed by atoms with Crippen LogP contribution in [-0.2, 0) is 21.3 Å². The van der Waals surface area contributed by atoms with E-state index in [0.29, 0.717) is 43.1 Å². The van der Waals surface area contributed by atoms with Crippen LogP contribution < -0.4 is 10.6 Å². The second-order valence-corrected chi connectivity index (χ2v) is 9.67. The normalized spacial score (nSPS) is 14.5. The van der Waals surface area contributed by atoms with E-state index in [9.17, 15) is 18.0 Å².